The molecule has 0 fully saturated rings. The minimum atomic E-state index is -0.347. The van der Waals surface area contributed by atoms with E-state index < -0.39 is 0 Å². The fourth-order valence-electron chi connectivity index (χ4n) is 2.74. The number of halogens is 1. The topological polar surface area (TPSA) is 64.6 Å². The molecule has 2 aromatic rings. The predicted octanol–water partition coefficient (Wildman–Crippen LogP) is 3.03. The molecule has 0 aromatic heterocycles. The summed E-state index contributed by atoms with van der Waals surface area (Å²) in [4.78, 5) is 24.9. The number of rotatable bonds is 3. The summed E-state index contributed by atoms with van der Waals surface area (Å²) in [5.74, 6) is 0.718. The third-order valence-corrected chi connectivity index (χ3v) is 4.33. The first kappa shape index (κ1) is 14.8. The summed E-state index contributed by atoms with van der Waals surface area (Å²) in [6, 6.07) is 12.1. The second-order valence-electron chi connectivity index (χ2n) is 5.43. The molecule has 1 aliphatic carbocycles. The molecule has 0 saturated carbocycles. The number of allylic oxidation sites excluding steroid dienone is 2. The molecule has 5 nitrogen and oxygen atoms in total. The molecule has 6 heteroatoms. The minimum Gasteiger partial charge on any atom is -0.454 e. The molecule has 0 saturated heterocycles. The number of carbonyl (C=O) groups excluding carboxylic acids is 2. The monoisotopic (exact) mass is 341 g/mol. The van der Waals surface area contributed by atoms with Crippen LogP contribution in [0.1, 0.15) is 26.3 Å². The number of benzene rings is 2. The maximum atomic E-state index is 12.6. The molecule has 1 heterocycles. The number of Topliss-reactive ketones (excluding diaryl/α,β-unsaturated/α-hetero) is 2. The Balaban J connectivity index is 1.59. The fourth-order valence-corrected chi connectivity index (χ4v) is 3.00. The molecule has 0 spiro atoms. The molecule has 0 amide bonds. The van der Waals surface area contributed by atoms with Gasteiger partial charge >= 0.3 is 0 Å². The van der Waals surface area contributed by atoms with Gasteiger partial charge in [0.15, 0.2) is 11.5 Å². The van der Waals surface area contributed by atoms with Crippen LogP contribution in [0, 0.1) is 0 Å². The van der Waals surface area contributed by atoms with E-state index in [-0.39, 0.29) is 29.1 Å². The molecular formula is C18H12ClNO4. The summed E-state index contributed by atoms with van der Waals surface area (Å²) in [6.45, 7) is 0.538. The molecule has 2 aliphatic rings. The molecule has 0 atom stereocenters. The molecule has 1 N–H and O–H groups in total. The van der Waals surface area contributed by atoms with E-state index in [4.69, 9.17) is 21.1 Å². The summed E-state index contributed by atoms with van der Waals surface area (Å²) in [5.41, 5.74) is 1.70. The first-order valence-electron chi connectivity index (χ1n) is 7.36. The number of hydrogen-bond acceptors (Lipinski definition) is 5. The maximum Gasteiger partial charge on any atom is 0.231 e. The van der Waals surface area contributed by atoms with Crippen LogP contribution in [0.4, 0.5) is 0 Å². The molecule has 0 bridgehead atoms. The summed E-state index contributed by atoms with van der Waals surface area (Å²) in [6.07, 6.45) is 0. The SMILES string of the molecule is O=C1C(Cl)=C(NCc2ccc3c(c2)OCO3)C(=O)c2ccccc21. The maximum absolute atomic E-state index is 12.6. The summed E-state index contributed by atoms with van der Waals surface area (Å²) in [7, 11) is 0. The van der Waals surface area contributed by atoms with Gasteiger partial charge in [0.25, 0.3) is 0 Å². The number of nitrogens with one attached hydrogen (secondary N) is 1. The highest BCUT2D eigenvalue weighted by molar-refractivity contribution is 6.49. The van der Waals surface area contributed by atoms with Crippen molar-refractivity contribution in [3.8, 4) is 11.5 Å². The lowest BCUT2D eigenvalue weighted by molar-refractivity contribution is 0.0974. The molecule has 0 radical (unpaired) electrons. The summed E-state index contributed by atoms with van der Waals surface area (Å²) >= 11 is 6.12. The molecule has 2 aromatic carbocycles. The molecule has 1 aliphatic heterocycles. The van der Waals surface area contributed by atoms with E-state index in [0.717, 1.165) is 5.56 Å². The van der Waals surface area contributed by atoms with Crippen molar-refractivity contribution in [2.45, 2.75) is 6.54 Å². The van der Waals surface area contributed by atoms with Gasteiger partial charge < -0.3 is 14.8 Å². The van der Waals surface area contributed by atoms with Crippen molar-refractivity contribution >= 4 is 23.2 Å². The van der Waals surface area contributed by atoms with Crippen molar-refractivity contribution in [3.63, 3.8) is 0 Å². The average Bonchev–Trinajstić information content (AvgIpc) is 3.07. The van der Waals surface area contributed by atoms with E-state index in [0.29, 0.717) is 29.2 Å². The minimum absolute atomic E-state index is 0.0838. The Hall–Kier alpha value is -2.79. The van der Waals surface area contributed by atoms with E-state index in [1.807, 2.05) is 12.1 Å². The fraction of sp³-hybridized carbons (Fsp3) is 0.111. The van der Waals surface area contributed by atoms with Crippen molar-refractivity contribution in [1.29, 1.82) is 0 Å². The van der Waals surface area contributed by atoms with Gasteiger partial charge in [0.1, 0.15) is 10.7 Å². The van der Waals surface area contributed by atoms with Gasteiger partial charge in [0.2, 0.25) is 18.4 Å². The number of ketones is 2. The lowest BCUT2D eigenvalue weighted by Crippen LogP contribution is -2.28. The van der Waals surface area contributed by atoms with Gasteiger partial charge in [-0.2, -0.15) is 0 Å². The third kappa shape index (κ3) is 2.34. The first-order valence-corrected chi connectivity index (χ1v) is 7.73. The predicted molar refractivity (Wildman–Crippen MR) is 87.4 cm³/mol. The number of fused-ring (bicyclic) bond motifs is 2. The molecule has 0 unspecified atom stereocenters. The van der Waals surface area contributed by atoms with Crippen LogP contribution in [-0.4, -0.2) is 18.4 Å². The van der Waals surface area contributed by atoms with E-state index in [1.165, 1.54) is 0 Å². The van der Waals surface area contributed by atoms with Crippen molar-refractivity contribution < 1.29 is 19.1 Å². The van der Waals surface area contributed by atoms with Crippen molar-refractivity contribution in [2.75, 3.05) is 6.79 Å². The Bertz CT molecular complexity index is 904. The molecule has 120 valence electrons. The van der Waals surface area contributed by atoms with Crippen molar-refractivity contribution in [2.24, 2.45) is 0 Å². The van der Waals surface area contributed by atoms with E-state index >= 15 is 0 Å². The number of carbonyl (C=O) groups is 2. The van der Waals surface area contributed by atoms with E-state index in [2.05, 4.69) is 5.32 Å². The van der Waals surface area contributed by atoms with E-state index in [9.17, 15) is 9.59 Å². The molecule has 4 rings (SSSR count). The lowest BCUT2D eigenvalue weighted by atomic mass is 9.92. The summed E-state index contributed by atoms with van der Waals surface area (Å²) in [5, 5.41) is 2.90. The first-order chi connectivity index (χ1) is 11.6. The number of ether oxygens (including phenoxy) is 2. The Morgan fingerprint density at radius 2 is 1.67 bits per heavy atom. The number of hydrogen-bond donors (Lipinski definition) is 1. The van der Waals surface area contributed by atoms with Crippen molar-refractivity contribution in [1.82, 2.24) is 5.32 Å². The zero-order chi connectivity index (χ0) is 16.7. The quantitative estimate of drug-likeness (QED) is 0.929. The van der Waals surface area contributed by atoms with Gasteiger partial charge in [-0.15, -0.1) is 0 Å². The standard InChI is InChI=1S/C18H12ClNO4/c19-15-16(18(22)12-4-2-1-3-11(12)17(15)21)20-8-10-5-6-13-14(7-10)24-9-23-13/h1-7,20H,8-9H2. The van der Waals surface area contributed by atoms with Crippen LogP contribution in [0.3, 0.4) is 0 Å². The molecule has 24 heavy (non-hydrogen) atoms. The zero-order valence-electron chi connectivity index (χ0n) is 12.5. The second kappa shape index (κ2) is 5.69. The largest absolute Gasteiger partial charge is 0.454 e. The van der Waals surface area contributed by atoms with Gasteiger partial charge in [-0.25, -0.2) is 0 Å². The van der Waals surface area contributed by atoms with Crippen LogP contribution in [-0.2, 0) is 6.54 Å². The van der Waals surface area contributed by atoms with Crippen LogP contribution in [0.15, 0.2) is 53.2 Å². The van der Waals surface area contributed by atoms with Gasteiger partial charge in [-0.3, -0.25) is 9.59 Å². The normalized spacial score (nSPS) is 15.5. The van der Waals surface area contributed by atoms with Crippen LogP contribution < -0.4 is 14.8 Å². The van der Waals surface area contributed by atoms with Gasteiger partial charge in [0, 0.05) is 17.7 Å². The van der Waals surface area contributed by atoms with E-state index in [1.54, 1.807) is 30.3 Å². The van der Waals surface area contributed by atoms with Crippen LogP contribution in [0.25, 0.3) is 0 Å². The van der Waals surface area contributed by atoms with Crippen molar-refractivity contribution in [3.05, 3.63) is 69.9 Å². The Kier molecular flexibility index (Phi) is 3.50. The molecular weight excluding hydrogens is 330 g/mol. The second-order valence-corrected chi connectivity index (χ2v) is 5.81. The Labute approximate surface area is 142 Å². The highest BCUT2D eigenvalue weighted by Gasteiger charge is 2.31. The van der Waals surface area contributed by atoms with Crippen LogP contribution in [0.2, 0.25) is 0 Å². The van der Waals surface area contributed by atoms with Crippen LogP contribution in [0.5, 0.6) is 11.5 Å². The average molecular weight is 342 g/mol. The Morgan fingerprint density at radius 1 is 0.958 bits per heavy atom. The highest BCUT2D eigenvalue weighted by atomic mass is 35.5. The van der Waals surface area contributed by atoms with Gasteiger partial charge in [-0.1, -0.05) is 41.9 Å². The smallest absolute Gasteiger partial charge is 0.231 e. The van der Waals surface area contributed by atoms with Gasteiger partial charge in [-0.05, 0) is 17.7 Å². The summed E-state index contributed by atoms with van der Waals surface area (Å²) < 4.78 is 10.6. The van der Waals surface area contributed by atoms with Gasteiger partial charge in [0.05, 0.1) is 0 Å². The van der Waals surface area contributed by atoms with Crippen LogP contribution >= 0.6 is 11.6 Å². The lowest BCUT2D eigenvalue weighted by Gasteiger charge is -2.19. The zero-order valence-corrected chi connectivity index (χ0v) is 13.2. The Morgan fingerprint density at radius 3 is 2.46 bits per heavy atom. The third-order valence-electron chi connectivity index (χ3n) is 3.97. The highest BCUT2D eigenvalue weighted by Crippen LogP contribution is 2.33.